The van der Waals surface area contributed by atoms with Crippen LogP contribution in [0.5, 0.6) is 0 Å². The van der Waals surface area contributed by atoms with E-state index in [0.717, 1.165) is 19.3 Å². The van der Waals surface area contributed by atoms with Gasteiger partial charge in [-0.3, -0.25) is 9.59 Å². The van der Waals surface area contributed by atoms with E-state index in [-0.39, 0.29) is 6.61 Å². The highest BCUT2D eigenvalue weighted by atomic mass is 32.2. The molecule has 0 aliphatic carbocycles. The van der Waals surface area contributed by atoms with Gasteiger partial charge in [0, 0.05) is 0 Å². The number of hydrogen-bond donors (Lipinski definition) is 3. The van der Waals surface area contributed by atoms with Gasteiger partial charge in [-0.1, -0.05) is 49.5 Å². The number of esters is 1. The number of rotatable bonds is 11. The molecule has 0 amide bonds. The summed E-state index contributed by atoms with van der Waals surface area (Å²) in [5, 5.41) is 22.6. The van der Waals surface area contributed by atoms with Gasteiger partial charge in [-0.2, -0.15) is 0 Å². The number of carboxylic acids is 1. The second-order valence-electron chi connectivity index (χ2n) is 5.48. The van der Waals surface area contributed by atoms with Crippen LogP contribution in [0.25, 0.3) is 0 Å². The lowest BCUT2D eigenvalue weighted by molar-refractivity contribution is -0.171. The molecule has 0 aromatic heterocycles. The Balaban J connectivity index is 2.46. The number of ether oxygens (including phenoxy) is 1. The number of carbonyl (C=O) groups excluding carboxylic acids is 2. The summed E-state index contributed by atoms with van der Waals surface area (Å²) >= 11 is -1.22. The number of aliphatic carboxylic acids is 1. The SMILES string of the molecule is CCCCCCOC(=O)CC(O)(CC(=O)O[SH]1C=CC=C1)C(=O)O. The van der Waals surface area contributed by atoms with E-state index in [9.17, 15) is 19.5 Å². The Morgan fingerprint density at radius 1 is 1.04 bits per heavy atom. The van der Waals surface area contributed by atoms with Gasteiger partial charge < -0.3 is 19.1 Å². The van der Waals surface area contributed by atoms with Crippen LogP contribution in [0.4, 0.5) is 0 Å². The fourth-order valence-electron chi connectivity index (χ4n) is 1.99. The summed E-state index contributed by atoms with van der Waals surface area (Å²) in [5.41, 5.74) is -2.53. The zero-order valence-electron chi connectivity index (χ0n) is 13.6. The normalized spacial score (nSPS) is 16.7. The maximum Gasteiger partial charge on any atom is 0.336 e. The lowest BCUT2D eigenvalue weighted by Gasteiger charge is -2.22. The maximum atomic E-state index is 11.8. The third kappa shape index (κ3) is 7.18. The molecule has 0 bridgehead atoms. The Bertz CT molecular complexity index is 503. The highest BCUT2D eigenvalue weighted by molar-refractivity contribution is 8.18. The van der Waals surface area contributed by atoms with Crippen LogP contribution < -0.4 is 0 Å². The average Bonchev–Trinajstić information content (AvgIpc) is 2.99. The first kappa shape index (κ1) is 20.2. The molecule has 1 heterocycles. The summed E-state index contributed by atoms with van der Waals surface area (Å²) in [7, 11) is 0. The van der Waals surface area contributed by atoms with E-state index >= 15 is 0 Å². The lowest BCUT2D eigenvalue weighted by Crippen LogP contribution is -2.43. The number of carboxylic acid groups (broad SMARTS) is 1. The second-order valence-corrected chi connectivity index (χ2v) is 6.98. The van der Waals surface area contributed by atoms with E-state index in [0.29, 0.717) is 6.42 Å². The first-order chi connectivity index (χ1) is 11.4. The van der Waals surface area contributed by atoms with Crippen LogP contribution in [0.15, 0.2) is 23.0 Å². The van der Waals surface area contributed by atoms with Gasteiger partial charge >= 0.3 is 17.9 Å². The van der Waals surface area contributed by atoms with Gasteiger partial charge in [0.1, 0.15) is 0 Å². The molecule has 0 fully saturated rings. The number of unbranched alkanes of at least 4 members (excludes halogenated alkanes) is 3. The Morgan fingerprint density at radius 2 is 1.67 bits per heavy atom. The van der Waals surface area contributed by atoms with Gasteiger partial charge in [0.05, 0.1) is 19.4 Å². The van der Waals surface area contributed by atoms with Crippen molar-refractivity contribution in [1.82, 2.24) is 0 Å². The van der Waals surface area contributed by atoms with Gasteiger partial charge in [0.15, 0.2) is 5.60 Å². The van der Waals surface area contributed by atoms with Crippen LogP contribution in [0.3, 0.4) is 0 Å². The quantitative estimate of drug-likeness (QED) is 0.294. The number of thiol groups is 1. The van der Waals surface area contributed by atoms with Gasteiger partial charge in [-0.25, -0.2) is 4.79 Å². The van der Waals surface area contributed by atoms with Crippen molar-refractivity contribution in [2.75, 3.05) is 6.61 Å². The molecule has 1 aliphatic rings. The van der Waals surface area contributed by atoms with E-state index in [2.05, 4.69) is 6.92 Å². The lowest BCUT2D eigenvalue weighted by atomic mass is 9.96. The molecule has 1 rings (SSSR count). The third-order valence-electron chi connectivity index (χ3n) is 3.32. The second kappa shape index (κ2) is 10.1. The number of aliphatic hydroxyl groups is 1. The summed E-state index contributed by atoms with van der Waals surface area (Å²) in [6.07, 6.45) is 5.45. The zero-order chi connectivity index (χ0) is 18.0. The standard InChI is InChI=1S/C16H24O7S/c1-2-3-4-5-8-22-13(17)11-16(21,15(19)20)12-14(18)23-24-9-6-7-10-24/h6-7,9-10,21,24H,2-5,8,11-12H2,1H3,(H,19,20). The predicted molar refractivity (Wildman–Crippen MR) is 90.3 cm³/mol. The molecule has 7 nitrogen and oxygen atoms in total. The molecule has 1 atom stereocenters. The fraction of sp³-hybridized carbons (Fsp3) is 0.562. The molecule has 0 saturated heterocycles. The van der Waals surface area contributed by atoms with Crippen LogP contribution in [-0.2, 0) is 23.3 Å². The predicted octanol–water partition coefficient (Wildman–Crippen LogP) is 2.21. The molecular formula is C16H24O7S. The molecule has 0 saturated carbocycles. The summed E-state index contributed by atoms with van der Waals surface area (Å²) in [6, 6.07) is 0. The fourth-order valence-corrected chi connectivity index (χ4v) is 3.05. The largest absolute Gasteiger partial charge is 0.479 e. The van der Waals surface area contributed by atoms with E-state index < -0.39 is 47.5 Å². The third-order valence-corrected chi connectivity index (χ3v) is 4.66. The monoisotopic (exact) mass is 360 g/mol. The maximum absolute atomic E-state index is 11.8. The molecular weight excluding hydrogens is 336 g/mol. The minimum absolute atomic E-state index is 0.167. The molecule has 0 aromatic carbocycles. The van der Waals surface area contributed by atoms with Gasteiger partial charge in [-0.15, -0.1) is 0 Å². The van der Waals surface area contributed by atoms with Gasteiger partial charge in [0.2, 0.25) is 0 Å². The summed E-state index contributed by atoms with van der Waals surface area (Å²) < 4.78 is 9.96. The minimum Gasteiger partial charge on any atom is -0.479 e. The van der Waals surface area contributed by atoms with E-state index in [4.69, 9.17) is 14.0 Å². The van der Waals surface area contributed by atoms with Crippen molar-refractivity contribution < 1.29 is 33.5 Å². The number of hydrogen-bond acceptors (Lipinski definition) is 6. The van der Waals surface area contributed by atoms with Crippen LogP contribution >= 0.6 is 11.2 Å². The van der Waals surface area contributed by atoms with E-state index in [1.165, 1.54) is 0 Å². The van der Waals surface area contributed by atoms with Gasteiger partial charge in [0.25, 0.3) is 0 Å². The van der Waals surface area contributed by atoms with Crippen LogP contribution in [0.2, 0.25) is 0 Å². The van der Waals surface area contributed by atoms with Crippen molar-refractivity contribution in [3.63, 3.8) is 0 Å². The molecule has 0 spiro atoms. The van der Waals surface area contributed by atoms with Crippen molar-refractivity contribution in [2.24, 2.45) is 0 Å². The Labute approximate surface area is 143 Å². The molecule has 8 heteroatoms. The van der Waals surface area contributed by atoms with Crippen LogP contribution in [0.1, 0.15) is 45.4 Å². The van der Waals surface area contributed by atoms with Crippen LogP contribution in [0, 0.1) is 0 Å². The molecule has 136 valence electrons. The van der Waals surface area contributed by atoms with E-state index in [1.54, 1.807) is 23.0 Å². The Morgan fingerprint density at radius 3 is 2.25 bits per heavy atom. The first-order valence-electron chi connectivity index (χ1n) is 7.83. The number of carbonyl (C=O) groups is 3. The minimum atomic E-state index is -2.53. The topological polar surface area (TPSA) is 110 Å². The van der Waals surface area contributed by atoms with Crippen LogP contribution in [-0.4, -0.2) is 40.3 Å². The first-order valence-corrected chi connectivity index (χ1v) is 9.22. The summed E-state index contributed by atoms with van der Waals surface area (Å²) in [5.74, 6) is -3.39. The molecule has 1 aliphatic heterocycles. The summed E-state index contributed by atoms with van der Waals surface area (Å²) in [6.45, 7) is 2.22. The average molecular weight is 360 g/mol. The van der Waals surface area contributed by atoms with Crippen molar-refractivity contribution >= 4 is 29.1 Å². The smallest absolute Gasteiger partial charge is 0.336 e. The van der Waals surface area contributed by atoms with Crippen molar-refractivity contribution in [2.45, 2.75) is 51.0 Å². The summed E-state index contributed by atoms with van der Waals surface area (Å²) in [4.78, 5) is 34.7. The molecule has 0 aromatic rings. The molecule has 2 N–H and O–H groups in total. The van der Waals surface area contributed by atoms with Crippen molar-refractivity contribution in [3.05, 3.63) is 23.0 Å². The highest BCUT2D eigenvalue weighted by Gasteiger charge is 2.42. The Hall–Kier alpha value is -1.80. The van der Waals surface area contributed by atoms with Gasteiger partial charge in [-0.05, 0) is 17.2 Å². The van der Waals surface area contributed by atoms with Crippen molar-refractivity contribution in [1.29, 1.82) is 0 Å². The Kier molecular flexibility index (Phi) is 8.56. The van der Waals surface area contributed by atoms with E-state index in [1.807, 2.05) is 0 Å². The zero-order valence-corrected chi connectivity index (χ0v) is 14.5. The molecule has 0 radical (unpaired) electrons. The van der Waals surface area contributed by atoms with Crippen molar-refractivity contribution in [3.8, 4) is 0 Å². The highest BCUT2D eigenvalue weighted by Crippen LogP contribution is 2.35. The molecule has 1 unspecified atom stereocenters. The number of allylic oxidation sites excluding steroid dienone is 2. The molecule has 24 heavy (non-hydrogen) atoms.